The summed E-state index contributed by atoms with van der Waals surface area (Å²) in [7, 11) is 0. The van der Waals surface area contributed by atoms with Gasteiger partial charge in [-0.25, -0.2) is 29.9 Å². The maximum absolute atomic E-state index is 3.81. The summed E-state index contributed by atoms with van der Waals surface area (Å²) in [6.07, 6.45) is 17.3. The van der Waals surface area contributed by atoms with Crippen LogP contribution in [0.25, 0.3) is 0 Å². The van der Waals surface area contributed by atoms with E-state index in [0.29, 0.717) is 17.5 Å². The number of nitrogens with zero attached hydrogens (tertiary/aromatic N) is 20. The fourth-order valence-corrected chi connectivity index (χ4v) is 2.29. The fourth-order valence-electron chi connectivity index (χ4n) is 2.29. The molecule has 0 aliphatic rings. The minimum absolute atomic E-state index is 0.607. The molecule has 7 heterocycles. The standard InChI is InChI=1S/2C5H6N2.C4H6N4.4C4H5N3.6C2H6/c1-5-2-3-6-7-4-5;1-5-3-2-4-6-7-5;1-3-5-7-4(2)8-6-3;1-4-6-2-5-3-7-4;1-4-2-6-7-3-5-4;1-4-2-5-3-6-7-4;1-4-5-2-3-6-7-4;6*1-2/h2*2-4H,1H3;1-2H3;4*2-3H,1H3;6*1-2H3. The van der Waals surface area contributed by atoms with Crippen LogP contribution in [0.5, 0.6) is 0 Å². The molecular formula is C42H74N20. The number of hydrogen-bond donors (Lipinski definition) is 0. The van der Waals surface area contributed by atoms with E-state index in [1.54, 1.807) is 64.1 Å². The molecule has 20 heteroatoms. The van der Waals surface area contributed by atoms with E-state index < -0.39 is 0 Å². The number of aryl methyl sites for hydroxylation is 8. The third-order valence-corrected chi connectivity index (χ3v) is 4.56. The lowest BCUT2D eigenvalue weighted by atomic mass is 10.4. The van der Waals surface area contributed by atoms with Crippen molar-refractivity contribution in [2.45, 2.75) is 138 Å². The van der Waals surface area contributed by atoms with Gasteiger partial charge < -0.3 is 0 Å². The quantitative estimate of drug-likeness (QED) is 0.139. The van der Waals surface area contributed by atoms with Crippen molar-refractivity contribution in [3.63, 3.8) is 0 Å². The van der Waals surface area contributed by atoms with Crippen molar-refractivity contribution in [3.05, 3.63) is 133 Å². The molecule has 0 fully saturated rings. The average molecular weight is 859 g/mol. The van der Waals surface area contributed by atoms with E-state index in [1.807, 2.05) is 136 Å². The van der Waals surface area contributed by atoms with E-state index in [4.69, 9.17) is 0 Å². The molecule has 0 saturated carbocycles. The first kappa shape index (κ1) is 66.9. The first-order valence-electron chi connectivity index (χ1n) is 20.5. The van der Waals surface area contributed by atoms with E-state index in [1.165, 1.54) is 25.3 Å². The molecule has 0 amide bonds. The minimum Gasteiger partial charge on any atom is -0.241 e. The van der Waals surface area contributed by atoms with Crippen LogP contribution in [0.2, 0.25) is 0 Å². The smallest absolute Gasteiger partial charge is 0.170 e. The van der Waals surface area contributed by atoms with Crippen molar-refractivity contribution in [1.29, 1.82) is 0 Å². The molecule has 0 aromatic carbocycles. The summed E-state index contributed by atoms with van der Waals surface area (Å²) in [5, 5.41) is 50.6. The normalized spacial score (nSPS) is 7.68. The van der Waals surface area contributed by atoms with Crippen LogP contribution >= 0.6 is 0 Å². The molecule has 0 unspecified atom stereocenters. The van der Waals surface area contributed by atoms with E-state index in [-0.39, 0.29) is 0 Å². The molecule has 0 spiro atoms. The van der Waals surface area contributed by atoms with Crippen LogP contribution in [0.4, 0.5) is 0 Å². The molecule has 0 aliphatic heterocycles. The fraction of sp³-hybridized carbons (Fsp3) is 0.476. The molecule has 0 saturated heterocycles. The first-order chi connectivity index (χ1) is 30.2. The van der Waals surface area contributed by atoms with E-state index >= 15 is 0 Å². The molecule has 342 valence electrons. The lowest BCUT2D eigenvalue weighted by Gasteiger charge is -1.85. The summed E-state index contributed by atoms with van der Waals surface area (Å²) >= 11 is 0. The van der Waals surface area contributed by atoms with E-state index in [0.717, 1.165) is 28.5 Å². The van der Waals surface area contributed by atoms with Gasteiger partial charge in [0.05, 0.1) is 41.9 Å². The van der Waals surface area contributed by atoms with E-state index in [2.05, 4.69) is 101 Å². The van der Waals surface area contributed by atoms with Gasteiger partial charge in [0.25, 0.3) is 0 Å². The number of rotatable bonds is 0. The van der Waals surface area contributed by atoms with Crippen LogP contribution in [0.1, 0.15) is 129 Å². The molecular weight excluding hydrogens is 785 g/mol. The van der Waals surface area contributed by atoms with Crippen LogP contribution in [-0.4, -0.2) is 101 Å². The van der Waals surface area contributed by atoms with Gasteiger partial charge in [0.2, 0.25) is 0 Å². The van der Waals surface area contributed by atoms with Crippen molar-refractivity contribution in [1.82, 2.24) is 101 Å². The molecule has 7 rings (SSSR count). The minimum atomic E-state index is 0.607. The predicted molar refractivity (Wildman–Crippen MR) is 247 cm³/mol. The maximum atomic E-state index is 3.81. The predicted octanol–water partition coefficient (Wildman–Crippen LogP) is 8.33. The Hall–Kier alpha value is -6.86. The maximum Gasteiger partial charge on any atom is 0.170 e. The Kier molecular flexibility index (Phi) is 63.1. The zero-order chi connectivity index (χ0) is 48.7. The number of hydrogen-bond acceptors (Lipinski definition) is 20. The second-order valence-corrected chi connectivity index (χ2v) is 9.15. The molecule has 62 heavy (non-hydrogen) atoms. The highest BCUT2D eigenvalue weighted by Crippen LogP contribution is 1.86. The van der Waals surface area contributed by atoms with Gasteiger partial charge in [-0.3, -0.25) is 0 Å². The summed E-state index contributed by atoms with van der Waals surface area (Å²) in [6.45, 7) is 38.7. The Bertz CT molecular complexity index is 1440. The molecule has 0 atom stereocenters. The van der Waals surface area contributed by atoms with Gasteiger partial charge >= 0.3 is 0 Å². The second kappa shape index (κ2) is 58.5. The van der Waals surface area contributed by atoms with Crippen molar-refractivity contribution < 1.29 is 0 Å². The molecule has 20 nitrogen and oxygen atoms in total. The zero-order valence-corrected chi connectivity index (χ0v) is 41.0. The third kappa shape index (κ3) is 55.2. The Morgan fingerprint density at radius 3 is 1.05 bits per heavy atom. The van der Waals surface area contributed by atoms with Crippen LogP contribution in [0.15, 0.2) is 86.9 Å². The Morgan fingerprint density at radius 1 is 0.290 bits per heavy atom. The molecule has 0 aliphatic carbocycles. The van der Waals surface area contributed by atoms with Crippen molar-refractivity contribution in [3.8, 4) is 0 Å². The summed E-state index contributed by atoms with van der Waals surface area (Å²) in [4.78, 5) is 22.5. The van der Waals surface area contributed by atoms with E-state index in [9.17, 15) is 0 Å². The van der Waals surface area contributed by atoms with Crippen molar-refractivity contribution in [2.24, 2.45) is 0 Å². The average Bonchev–Trinajstić information content (AvgIpc) is 3.34. The Labute approximate surface area is 371 Å². The van der Waals surface area contributed by atoms with Crippen molar-refractivity contribution >= 4 is 0 Å². The summed E-state index contributed by atoms with van der Waals surface area (Å²) in [5.74, 6) is 2.68. The summed E-state index contributed by atoms with van der Waals surface area (Å²) in [5.41, 5.74) is 3.86. The third-order valence-electron chi connectivity index (χ3n) is 4.56. The summed E-state index contributed by atoms with van der Waals surface area (Å²) in [6, 6.07) is 5.68. The largest absolute Gasteiger partial charge is 0.241 e. The lowest BCUT2D eigenvalue weighted by molar-refractivity contribution is 0.767. The van der Waals surface area contributed by atoms with Crippen molar-refractivity contribution in [2.75, 3.05) is 0 Å². The molecule has 0 radical (unpaired) electrons. The Morgan fingerprint density at radius 2 is 0.823 bits per heavy atom. The Balaban J connectivity index is -0.000000142. The topological polar surface area (TPSA) is 258 Å². The highest BCUT2D eigenvalue weighted by atomic mass is 15.3. The molecule has 7 aromatic heterocycles. The highest BCUT2D eigenvalue weighted by Gasteiger charge is 1.86. The van der Waals surface area contributed by atoms with Gasteiger partial charge in [0.15, 0.2) is 11.6 Å². The highest BCUT2D eigenvalue weighted by molar-refractivity contribution is 5.00. The molecule has 0 bridgehead atoms. The molecule has 7 aromatic rings. The first-order valence-corrected chi connectivity index (χ1v) is 20.5. The molecule has 0 N–H and O–H groups in total. The van der Waals surface area contributed by atoms with Crippen LogP contribution in [0.3, 0.4) is 0 Å². The van der Waals surface area contributed by atoms with Crippen LogP contribution in [-0.2, 0) is 0 Å². The van der Waals surface area contributed by atoms with Crippen LogP contribution < -0.4 is 0 Å². The monoisotopic (exact) mass is 859 g/mol. The zero-order valence-electron chi connectivity index (χ0n) is 41.0. The van der Waals surface area contributed by atoms with Gasteiger partial charge in [-0.05, 0) is 79.2 Å². The summed E-state index contributed by atoms with van der Waals surface area (Å²) < 4.78 is 0. The van der Waals surface area contributed by atoms with Gasteiger partial charge in [0.1, 0.15) is 37.0 Å². The van der Waals surface area contributed by atoms with Gasteiger partial charge in [-0.1, -0.05) is 83.1 Å². The van der Waals surface area contributed by atoms with Crippen LogP contribution in [0, 0.1) is 55.4 Å². The van der Waals surface area contributed by atoms with Gasteiger partial charge in [0, 0.05) is 18.6 Å². The number of aromatic nitrogens is 20. The van der Waals surface area contributed by atoms with Gasteiger partial charge in [-0.2, -0.15) is 35.7 Å². The van der Waals surface area contributed by atoms with Gasteiger partial charge in [-0.15, -0.1) is 35.7 Å². The second-order valence-electron chi connectivity index (χ2n) is 9.15. The lowest BCUT2D eigenvalue weighted by Crippen LogP contribution is -1.97. The SMILES string of the molecule is CC.CC.CC.CC.CC.CC.Cc1cccnn1.Cc1ccnnc1.Cc1cncnn1.Cc1cnncn1.Cc1nccnn1.Cc1ncncn1.Cc1nnc(C)nn1.